The average molecular weight is 400 g/mol. The smallest absolute Gasteiger partial charge is 0.350 e. The first-order valence-electron chi connectivity index (χ1n) is 8.04. The minimum Gasteiger partial charge on any atom is -0.497 e. The number of esters is 1. The number of thiazole rings is 1. The number of fused-ring (bicyclic) bond motifs is 2. The van der Waals surface area contributed by atoms with Crippen molar-refractivity contribution in [1.82, 2.24) is 4.98 Å². The Morgan fingerprint density at radius 1 is 1.04 bits per heavy atom. The van der Waals surface area contributed by atoms with Gasteiger partial charge in [0.05, 0.1) is 31.7 Å². The van der Waals surface area contributed by atoms with Crippen molar-refractivity contribution >= 4 is 59.8 Å². The van der Waals surface area contributed by atoms with Gasteiger partial charge in [0.15, 0.2) is 5.13 Å². The summed E-state index contributed by atoms with van der Waals surface area (Å²) in [5, 5.41) is 4.92. The molecule has 27 heavy (non-hydrogen) atoms. The van der Waals surface area contributed by atoms with E-state index in [1.807, 2.05) is 30.3 Å². The van der Waals surface area contributed by atoms with Crippen molar-refractivity contribution in [2.24, 2.45) is 0 Å². The Kier molecular flexibility index (Phi) is 4.59. The van der Waals surface area contributed by atoms with Gasteiger partial charge in [-0.3, -0.25) is 0 Å². The van der Waals surface area contributed by atoms with Crippen LogP contribution in [-0.4, -0.2) is 32.3 Å². The van der Waals surface area contributed by atoms with E-state index in [1.165, 1.54) is 29.8 Å². The van der Waals surface area contributed by atoms with Crippen molar-refractivity contribution in [3.8, 4) is 11.5 Å². The van der Waals surface area contributed by atoms with Crippen molar-refractivity contribution in [1.29, 1.82) is 0 Å². The number of carbonyl (C=O) groups excluding carboxylic acids is 1. The summed E-state index contributed by atoms with van der Waals surface area (Å²) in [5.41, 5.74) is 1.44. The van der Waals surface area contributed by atoms with E-state index in [2.05, 4.69) is 10.3 Å². The maximum atomic E-state index is 12.2. The predicted octanol–water partition coefficient (Wildman–Crippen LogP) is 5.06. The fourth-order valence-corrected chi connectivity index (χ4v) is 4.81. The number of methoxy groups -OCH3 is 3. The standard InChI is InChI=1S/C19H16N2O4S2/c1-23-10-8-12(24-2)16-14(9-10)27-19(21-16)20-15-11-6-4-5-7-13(11)26-17(15)18(22)25-3/h4-9H,1-3H3,(H,20,21). The lowest BCUT2D eigenvalue weighted by atomic mass is 10.2. The maximum absolute atomic E-state index is 12.2. The molecule has 8 heteroatoms. The zero-order valence-corrected chi connectivity index (χ0v) is 16.5. The van der Waals surface area contributed by atoms with Gasteiger partial charge < -0.3 is 19.5 Å². The van der Waals surface area contributed by atoms with Crippen LogP contribution in [0.3, 0.4) is 0 Å². The minimum absolute atomic E-state index is 0.376. The van der Waals surface area contributed by atoms with Gasteiger partial charge >= 0.3 is 5.97 Å². The van der Waals surface area contributed by atoms with Crippen LogP contribution < -0.4 is 14.8 Å². The lowest BCUT2D eigenvalue weighted by Gasteiger charge is -2.04. The second-order valence-electron chi connectivity index (χ2n) is 5.61. The average Bonchev–Trinajstić information content (AvgIpc) is 3.28. The maximum Gasteiger partial charge on any atom is 0.350 e. The van der Waals surface area contributed by atoms with Gasteiger partial charge in [-0.1, -0.05) is 29.5 Å². The molecular weight excluding hydrogens is 384 g/mol. The Bertz CT molecular complexity index is 1150. The molecule has 6 nitrogen and oxygen atoms in total. The van der Waals surface area contributed by atoms with E-state index in [1.54, 1.807) is 20.3 Å². The molecule has 0 unspecified atom stereocenters. The molecule has 0 amide bonds. The van der Waals surface area contributed by atoms with E-state index in [9.17, 15) is 4.79 Å². The van der Waals surface area contributed by atoms with Crippen molar-refractivity contribution in [2.45, 2.75) is 0 Å². The van der Waals surface area contributed by atoms with E-state index >= 15 is 0 Å². The summed E-state index contributed by atoms with van der Waals surface area (Å²) in [6, 6.07) is 11.5. The SMILES string of the molecule is COC(=O)c1sc2ccccc2c1Nc1nc2c(OC)cc(OC)cc2s1. The van der Waals surface area contributed by atoms with Crippen molar-refractivity contribution < 1.29 is 19.0 Å². The van der Waals surface area contributed by atoms with Crippen LogP contribution in [0.25, 0.3) is 20.3 Å². The van der Waals surface area contributed by atoms with Gasteiger partial charge in [0, 0.05) is 16.2 Å². The van der Waals surface area contributed by atoms with Gasteiger partial charge in [-0.25, -0.2) is 9.78 Å². The summed E-state index contributed by atoms with van der Waals surface area (Å²) in [5.74, 6) is 0.960. The van der Waals surface area contributed by atoms with Crippen molar-refractivity contribution in [2.75, 3.05) is 26.6 Å². The Hall–Kier alpha value is -2.84. The van der Waals surface area contributed by atoms with E-state index in [4.69, 9.17) is 14.2 Å². The summed E-state index contributed by atoms with van der Waals surface area (Å²) in [6.45, 7) is 0. The quantitative estimate of drug-likeness (QED) is 0.472. The zero-order chi connectivity index (χ0) is 19.0. The minimum atomic E-state index is -0.376. The Morgan fingerprint density at radius 2 is 1.85 bits per heavy atom. The first kappa shape index (κ1) is 17.6. The first-order chi connectivity index (χ1) is 13.1. The van der Waals surface area contributed by atoms with Crippen LogP contribution >= 0.6 is 22.7 Å². The van der Waals surface area contributed by atoms with Crippen LogP contribution in [0, 0.1) is 0 Å². The Labute approximate surface area is 163 Å². The number of benzene rings is 2. The van der Waals surface area contributed by atoms with Gasteiger partial charge in [0.2, 0.25) is 0 Å². The number of aromatic nitrogens is 1. The van der Waals surface area contributed by atoms with Crippen molar-refractivity contribution in [3.63, 3.8) is 0 Å². The summed E-state index contributed by atoms with van der Waals surface area (Å²) in [6.07, 6.45) is 0. The largest absolute Gasteiger partial charge is 0.497 e. The number of thiophene rings is 1. The van der Waals surface area contributed by atoms with E-state index in [0.717, 1.165) is 20.3 Å². The predicted molar refractivity (Wildman–Crippen MR) is 109 cm³/mol. The molecule has 0 saturated heterocycles. The fraction of sp³-hybridized carbons (Fsp3) is 0.158. The second kappa shape index (κ2) is 7.05. The molecule has 2 heterocycles. The lowest BCUT2D eigenvalue weighted by molar-refractivity contribution is 0.0607. The fourth-order valence-electron chi connectivity index (χ4n) is 2.81. The Morgan fingerprint density at radius 3 is 2.59 bits per heavy atom. The van der Waals surface area contributed by atoms with E-state index in [-0.39, 0.29) is 5.97 Å². The summed E-state index contributed by atoms with van der Waals surface area (Å²) in [7, 11) is 4.59. The van der Waals surface area contributed by atoms with Crippen LogP contribution in [0.15, 0.2) is 36.4 Å². The van der Waals surface area contributed by atoms with Crippen LogP contribution in [-0.2, 0) is 4.74 Å². The highest BCUT2D eigenvalue weighted by molar-refractivity contribution is 7.23. The summed E-state index contributed by atoms with van der Waals surface area (Å²) in [4.78, 5) is 17.4. The van der Waals surface area contributed by atoms with Crippen LogP contribution in [0.1, 0.15) is 9.67 Å². The number of nitrogens with one attached hydrogen (secondary N) is 1. The van der Waals surface area contributed by atoms with Gasteiger partial charge in [-0.05, 0) is 12.1 Å². The molecule has 4 rings (SSSR count). The molecule has 1 N–H and O–H groups in total. The molecule has 0 aliphatic heterocycles. The van der Waals surface area contributed by atoms with Crippen LogP contribution in [0.2, 0.25) is 0 Å². The van der Waals surface area contributed by atoms with Gasteiger partial charge in [-0.15, -0.1) is 11.3 Å². The highest BCUT2D eigenvalue weighted by atomic mass is 32.1. The monoisotopic (exact) mass is 400 g/mol. The third-order valence-electron chi connectivity index (χ3n) is 4.09. The topological polar surface area (TPSA) is 69.7 Å². The first-order valence-corrected chi connectivity index (χ1v) is 9.67. The molecule has 0 saturated carbocycles. The molecule has 0 fully saturated rings. The molecular formula is C19H16N2O4S2. The molecule has 2 aromatic heterocycles. The van der Waals surface area contributed by atoms with Crippen LogP contribution in [0.4, 0.5) is 10.8 Å². The molecule has 138 valence electrons. The summed E-state index contributed by atoms with van der Waals surface area (Å²) >= 11 is 2.85. The highest BCUT2D eigenvalue weighted by Crippen LogP contribution is 2.41. The van der Waals surface area contributed by atoms with Crippen molar-refractivity contribution in [3.05, 3.63) is 41.3 Å². The third kappa shape index (κ3) is 3.07. The lowest BCUT2D eigenvalue weighted by Crippen LogP contribution is -2.02. The van der Waals surface area contributed by atoms with Crippen LogP contribution in [0.5, 0.6) is 11.5 Å². The third-order valence-corrected chi connectivity index (χ3v) is 6.16. The number of carbonyl (C=O) groups is 1. The number of anilines is 2. The molecule has 0 radical (unpaired) electrons. The number of ether oxygens (including phenoxy) is 3. The number of rotatable bonds is 5. The van der Waals surface area contributed by atoms with Gasteiger partial charge in [0.1, 0.15) is 21.9 Å². The molecule has 0 spiro atoms. The molecule has 4 aromatic rings. The van der Waals surface area contributed by atoms with E-state index < -0.39 is 0 Å². The molecule has 0 aliphatic carbocycles. The highest BCUT2D eigenvalue weighted by Gasteiger charge is 2.20. The second-order valence-corrected chi connectivity index (χ2v) is 7.70. The zero-order valence-electron chi connectivity index (χ0n) is 14.9. The number of hydrogen-bond donors (Lipinski definition) is 1. The summed E-state index contributed by atoms with van der Waals surface area (Å²) < 4.78 is 17.6. The Balaban J connectivity index is 1.83. The number of nitrogens with zero attached hydrogens (tertiary/aromatic N) is 1. The molecule has 0 atom stereocenters. The molecule has 0 bridgehead atoms. The molecule has 0 aliphatic rings. The normalized spacial score (nSPS) is 10.9. The van der Waals surface area contributed by atoms with Gasteiger partial charge in [0.25, 0.3) is 0 Å². The van der Waals surface area contributed by atoms with Gasteiger partial charge in [-0.2, -0.15) is 0 Å². The van der Waals surface area contributed by atoms with E-state index in [0.29, 0.717) is 27.2 Å². The molecule has 2 aromatic carbocycles. The number of hydrogen-bond acceptors (Lipinski definition) is 8.